The van der Waals surface area contributed by atoms with Gasteiger partial charge in [-0.1, -0.05) is 5.16 Å². The van der Waals surface area contributed by atoms with E-state index < -0.39 is 0 Å². The van der Waals surface area contributed by atoms with Gasteiger partial charge in [-0.05, 0) is 26.0 Å². The van der Waals surface area contributed by atoms with E-state index in [0.29, 0.717) is 17.5 Å². The van der Waals surface area contributed by atoms with Crippen molar-refractivity contribution < 1.29 is 8.94 Å². The van der Waals surface area contributed by atoms with Gasteiger partial charge in [-0.15, -0.1) is 11.6 Å². The zero-order chi connectivity index (χ0) is 10.1. The van der Waals surface area contributed by atoms with E-state index >= 15 is 0 Å². The van der Waals surface area contributed by atoms with E-state index in [0.717, 1.165) is 5.76 Å². The number of aryl methyl sites for hydroxylation is 1. The molecule has 0 spiro atoms. The largest absolute Gasteiger partial charge is 0.456 e. The standard InChI is InChI=1S/C9H9ClN2O2/c1-5-3-4-7(13-5)9-11-8(6(2)10)12-14-9/h3-4,6H,1-2H3. The molecule has 0 fully saturated rings. The van der Waals surface area contributed by atoms with Crippen molar-refractivity contribution in [1.82, 2.24) is 10.1 Å². The monoisotopic (exact) mass is 212 g/mol. The fourth-order valence-electron chi connectivity index (χ4n) is 1.05. The van der Waals surface area contributed by atoms with Gasteiger partial charge in [0.1, 0.15) is 5.76 Å². The Balaban J connectivity index is 2.33. The lowest BCUT2D eigenvalue weighted by atomic mass is 10.4. The minimum absolute atomic E-state index is 0.261. The van der Waals surface area contributed by atoms with Crippen LogP contribution in [-0.2, 0) is 0 Å². The molecule has 2 aromatic heterocycles. The van der Waals surface area contributed by atoms with Crippen molar-refractivity contribution in [3.05, 3.63) is 23.7 Å². The lowest BCUT2D eigenvalue weighted by Crippen LogP contribution is -1.86. The number of furan rings is 1. The Morgan fingerprint density at radius 1 is 1.43 bits per heavy atom. The van der Waals surface area contributed by atoms with Crippen molar-refractivity contribution >= 4 is 11.6 Å². The van der Waals surface area contributed by atoms with Crippen molar-refractivity contribution in [2.75, 3.05) is 0 Å². The molecular formula is C9H9ClN2O2. The summed E-state index contributed by atoms with van der Waals surface area (Å²) in [7, 11) is 0. The van der Waals surface area contributed by atoms with E-state index in [4.69, 9.17) is 20.5 Å². The Bertz CT molecular complexity index is 433. The molecular weight excluding hydrogens is 204 g/mol. The summed E-state index contributed by atoms with van der Waals surface area (Å²) in [6.45, 7) is 3.63. The van der Waals surface area contributed by atoms with E-state index in [1.165, 1.54) is 0 Å². The summed E-state index contributed by atoms with van der Waals surface area (Å²) in [5, 5.41) is 3.46. The minimum atomic E-state index is -0.261. The van der Waals surface area contributed by atoms with E-state index in [-0.39, 0.29) is 5.38 Å². The van der Waals surface area contributed by atoms with Crippen LogP contribution in [0.3, 0.4) is 0 Å². The van der Waals surface area contributed by atoms with E-state index in [1.807, 2.05) is 13.0 Å². The average Bonchev–Trinajstić information content (AvgIpc) is 2.70. The van der Waals surface area contributed by atoms with Gasteiger partial charge in [0.15, 0.2) is 11.6 Å². The number of hydrogen-bond donors (Lipinski definition) is 0. The predicted octanol–water partition coefficient (Wildman–Crippen LogP) is 2.94. The van der Waals surface area contributed by atoms with Crippen molar-refractivity contribution in [3.63, 3.8) is 0 Å². The van der Waals surface area contributed by atoms with Crippen LogP contribution < -0.4 is 0 Å². The molecule has 5 heteroatoms. The third-order valence-corrected chi connectivity index (χ3v) is 1.94. The van der Waals surface area contributed by atoms with Gasteiger partial charge in [0, 0.05) is 0 Å². The Morgan fingerprint density at radius 3 is 2.71 bits per heavy atom. The maximum atomic E-state index is 5.79. The first-order valence-corrected chi connectivity index (χ1v) is 4.65. The zero-order valence-electron chi connectivity index (χ0n) is 7.82. The van der Waals surface area contributed by atoms with Crippen molar-refractivity contribution in [2.24, 2.45) is 0 Å². The topological polar surface area (TPSA) is 52.1 Å². The van der Waals surface area contributed by atoms with Gasteiger partial charge in [-0.3, -0.25) is 0 Å². The summed E-state index contributed by atoms with van der Waals surface area (Å²) in [5.74, 6) is 2.20. The van der Waals surface area contributed by atoms with E-state index in [1.54, 1.807) is 13.0 Å². The molecule has 0 aliphatic heterocycles. The molecule has 14 heavy (non-hydrogen) atoms. The smallest absolute Gasteiger partial charge is 0.293 e. The van der Waals surface area contributed by atoms with Crippen LogP contribution in [0.25, 0.3) is 11.7 Å². The van der Waals surface area contributed by atoms with E-state index in [2.05, 4.69) is 10.1 Å². The lowest BCUT2D eigenvalue weighted by Gasteiger charge is -1.89. The van der Waals surface area contributed by atoms with Crippen LogP contribution in [0.4, 0.5) is 0 Å². The van der Waals surface area contributed by atoms with Crippen LogP contribution in [0, 0.1) is 6.92 Å². The molecule has 0 aromatic carbocycles. The van der Waals surface area contributed by atoms with Crippen molar-refractivity contribution in [1.29, 1.82) is 0 Å². The van der Waals surface area contributed by atoms with Crippen LogP contribution in [0.15, 0.2) is 21.1 Å². The van der Waals surface area contributed by atoms with Gasteiger partial charge in [-0.25, -0.2) is 0 Å². The molecule has 0 radical (unpaired) electrons. The Kier molecular flexibility index (Phi) is 2.29. The highest BCUT2D eigenvalue weighted by Crippen LogP contribution is 2.23. The molecule has 1 unspecified atom stereocenters. The maximum Gasteiger partial charge on any atom is 0.293 e. The van der Waals surface area contributed by atoms with Crippen LogP contribution in [0.1, 0.15) is 23.9 Å². The molecule has 0 bridgehead atoms. The van der Waals surface area contributed by atoms with Gasteiger partial charge in [0.25, 0.3) is 5.89 Å². The van der Waals surface area contributed by atoms with Crippen LogP contribution >= 0.6 is 11.6 Å². The number of hydrogen-bond acceptors (Lipinski definition) is 4. The first-order valence-electron chi connectivity index (χ1n) is 4.21. The number of rotatable bonds is 2. The summed E-state index contributed by atoms with van der Waals surface area (Å²) < 4.78 is 10.3. The van der Waals surface area contributed by atoms with Crippen molar-refractivity contribution in [3.8, 4) is 11.7 Å². The maximum absolute atomic E-state index is 5.79. The first-order chi connectivity index (χ1) is 6.66. The summed E-state index contributed by atoms with van der Waals surface area (Å²) in [4.78, 5) is 4.09. The summed E-state index contributed by atoms with van der Waals surface area (Å²) >= 11 is 5.79. The highest BCUT2D eigenvalue weighted by Gasteiger charge is 2.14. The fraction of sp³-hybridized carbons (Fsp3) is 0.333. The average molecular weight is 213 g/mol. The summed E-state index contributed by atoms with van der Waals surface area (Å²) in [6, 6.07) is 3.62. The summed E-state index contributed by atoms with van der Waals surface area (Å²) in [5.41, 5.74) is 0. The number of halogens is 1. The number of nitrogens with zero attached hydrogens (tertiary/aromatic N) is 2. The Hall–Kier alpha value is -1.29. The Morgan fingerprint density at radius 2 is 2.21 bits per heavy atom. The van der Waals surface area contributed by atoms with E-state index in [9.17, 15) is 0 Å². The number of aromatic nitrogens is 2. The molecule has 2 aromatic rings. The quantitative estimate of drug-likeness (QED) is 0.719. The highest BCUT2D eigenvalue weighted by atomic mass is 35.5. The second-order valence-corrected chi connectivity index (χ2v) is 3.64. The fourth-order valence-corrected chi connectivity index (χ4v) is 1.13. The molecule has 4 nitrogen and oxygen atoms in total. The molecule has 0 aliphatic rings. The Labute approximate surface area is 85.9 Å². The molecule has 0 saturated carbocycles. The molecule has 0 N–H and O–H groups in total. The van der Waals surface area contributed by atoms with Gasteiger partial charge in [0.05, 0.1) is 5.38 Å². The van der Waals surface area contributed by atoms with Crippen LogP contribution in [0.5, 0.6) is 0 Å². The highest BCUT2D eigenvalue weighted by molar-refractivity contribution is 6.20. The molecule has 1 atom stereocenters. The normalized spacial score (nSPS) is 13.1. The predicted molar refractivity (Wildman–Crippen MR) is 51.0 cm³/mol. The van der Waals surface area contributed by atoms with Gasteiger partial charge >= 0.3 is 0 Å². The second-order valence-electron chi connectivity index (χ2n) is 2.98. The molecule has 0 amide bonds. The third-order valence-electron chi connectivity index (χ3n) is 1.75. The molecule has 0 aliphatic carbocycles. The third kappa shape index (κ3) is 1.65. The van der Waals surface area contributed by atoms with Gasteiger partial charge in [-0.2, -0.15) is 4.98 Å². The summed E-state index contributed by atoms with van der Waals surface area (Å²) in [6.07, 6.45) is 0. The number of alkyl halides is 1. The zero-order valence-corrected chi connectivity index (χ0v) is 8.58. The molecule has 0 saturated heterocycles. The van der Waals surface area contributed by atoms with Gasteiger partial charge in [0.2, 0.25) is 0 Å². The van der Waals surface area contributed by atoms with Gasteiger partial charge < -0.3 is 8.94 Å². The lowest BCUT2D eigenvalue weighted by molar-refractivity contribution is 0.406. The SMILES string of the molecule is Cc1ccc(-c2nc(C(C)Cl)no2)o1. The van der Waals surface area contributed by atoms with Crippen LogP contribution in [0.2, 0.25) is 0 Å². The molecule has 74 valence electrons. The second kappa shape index (κ2) is 3.46. The van der Waals surface area contributed by atoms with Crippen molar-refractivity contribution in [2.45, 2.75) is 19.2 Å². The first kappa shape index (κ1) is 9.27. The minimum Gasteiger partial charge on any atom is -0.456 e. The van der Waals surface area contributed by atoms with Crippen LogP contribution in [-0.4, -0.2) is 10.1 Å². The molecule has 2 heterocycles. The molecule has 2 rings (SSSR count).